The van der Waals surface area contributed by atoms with Gasteiger partial charge in [-0.25, -0.2) is 13.1 Å². The predicted octanol–water partition coefficient (Wildman–Crippen LogP) is 2.37. The lowest BCUT2D eigenvalue weighted by Crippen LogP contribution is -2.43. The molecule has 0 saturated carbocycles. The largest absolute Gasteiger partial charge is 0.393 e. The number of benzene rings is 1. The lowest BCUT2D eigenvalue weighted by Gasteiger charge is -2.25. The van der Waals surface area contributed by atoms with E-state index in [0.717, 1.165) is 18.4 Å². The maximum Gasteiger partial charge on any atom is 0.241 e. The first-order chi connectivity index (χ1) is 9.16. The van der Waals surface area contributed by atoms with E-state index in [-0.39, 0.29) is 4.90 Å². The van der Waals surface area contributed by atoms with Crippen molar-refractivity contribution in [3.8, 4) is 0 Å². The Labute approximate surface area is 126 Å². The molecule has 0 aromatic heterocycles. The summed E-state index contributed by atoms with van der Waals surface area (Å²) in [7, 11) is -3.50. The van der Waals surface area contributed by atoms with Gasteiger partial charge in [0.2, 0.25) is 10.0 Å². The summed E-state index contributed by atoms with van der Waals surface area (Å²) in [5, 5.41) is 0. The van der Waals surface area contributed by atoms with Crippen LogP contribution >= 0.6 is 12.2 Å². The second kappa shape index (κ2) is 6.65. The van der Waals surface area contributed by atoms with Crippen molar-refractivity contribution >= 4 is 27.2 Å². The maximum atomic E-state index is 12.3. The molecular formula is C14H22N2O2S2. The number of hydrogen-bond acceptors (Lipinski definition) is 3. The van der Waals surface area contributed by atoms with E-state index in [0.29, 0.717) is 11.4 Å². The van der Waals surface area contributed by atoms with Crippen molar-refractivity contribution in [1.29, 1.82) is 0 Å². The SMILES string of the molecule is CCCC(C)(C)NS(=O)(=O)c1ccc(CC(N)=S)cc1. The minimum atomic E-state index is -3.50. The van der Waals surface area contributed by atoms with Crippen molar-refractivity contribution in [2.45, 2.75) is 50.5 Å². The Balaban J connectivity index is 2.90. The van der Waals surface area contributed by atoms with E-state index in [1.54, 1.807) is 24.3 Å². The van der Waals surface area contributed by atoms with Crippen molar-refractivity contribution in [3.05, 3.63) is 29.8 Å². The number of nitrogens with one attached hydrogen (secondary N) is 1. The summed E-state index contributed by atoms with van der Waals surface area (Å²) in [6.07, 6.45) is 2.18. The van der Waals surface area contributed by atoms with Crippen LogP contribution in [-0.2, 0) is 16.4 Å². The Morgan fingerprint density at radius 3 is 2.30 bits per heavy atom. The van der Waals surface area contributed by atoms with Gasteiger partial charge >= 0.3 is 0 Å². The van der Waals surface area contributed by atoms with Crippen LogP contribution in [0.5, 0.6) is 0 Å². The van der Waals surface area contributed by atoms with Crippen LogP contribution in [0.15, 0.2) is 29.2 Å². The summed E-state index contributed by atoms with van der Waals surface area (Å²) in [5.74, 6) is 0. The summed E-state index contributed by atoms with van der Waals surface area (Å²) in [5.41, 5.74) is 5.92. The summed E-state index contributed by atoms with van der Waals surface area (Å²) < 4.78 is 27.3. The van der Waals surface area contributed by atoms with Gasteiger partial charge in [-0.2, -0.15) is 0 Å². The first-order valence-electron chi connectivity index (χ1n) is 6.57. The molecule has 1 rings (SSSR count). The molecule has 0 heterocycles. The summed E-state index contributed by atoms with van der Waals surface area (Å²) >= 11 is 4.83. The molecule has 0 atom stereocenters. The van der Waals surface area contributed by atoms with Crippen LogP contribution in [0.4, 0.5) is 0 Å². The van der Waals surface area contributed by atoms with Crippen molar-refractivity contribution < 1.29 is 8.42 Å². The second-order valence-corrected chi connectivity index (χ2v) is 7.73. The molecule has 0 aliphatic heterocycles. The topological polar surface area (TPSA) is 72.2 Å². The van der Waals surface area contributed by atoms with E-state index in [1.807, 2.05) is 20.8 Å². The molecule has 4 nitrogen and oxygen atoms in total. The van der Waals surface area contributed by atoms with Gasteiger partial charge < -0.3 is 5.73 Å². The normalized spacial score (nSPS) is 12.3. The van der Waals surface area contributed by atoms with E-state index < -0.39 is 15.6 Å². The predicted molar refractivity (Wildman–Crippen MR) is 86.2 cm³/mol. The highest BCUT2D eigenvalue weighted by Gasteiger charge is 2.25. The monoisotopic (exact) mass is 314 g/mol. The van der Waals surface area contributed by atoms with E-state index in [9.17, 15) is 8.42 Å². The highest BCUT2D eigenvalue weighted by molar-refractivity contribution is 7.89. The highest BCUT2D eigenvalue weighted by Crippen LogP contribution is 2.17. The first kappa shape index (κ1) is 17.1. The molecule has 20 heavy (non-hydrogen) atoms. The van der Waals surface area contributed by atoms with Crippen LogP contribution in [0.2, 0.25) is 0 Å². The fourth-order valence-electron chi connectivity index (χ4n) is 2.09. The third kappa shape index (κ3) is 5.19. The van der Waals surface area contributed by atoms with Crippen LogP contribution in [-0.4, -0.2) is 18.9 Å². The van der Waals surface area contributed by atoms with Crippen LogP contribution in [0.25, 0.3) is 0 Å². The number of rotatable bonds is 7. The Kier molecular flexibility index (Phi) is 5.68. The number of hydrogen-bond donors (Lipinski definition) is 2. The Bertz CT molecular complexity index is 563. The minimum absolute atomic E-state index is 0.258. The summed E-state index contributed by atoms with van der Waals surface area (Å²) in [6, 6.07) is 6.64. The molecule has 0 spiro atoms. The van der Waals surface area contributed by atoms with Gasteiger partial charge in [0.05, 0.1) is 9.88 Å². The van der Waals surface area contributed by atoms with E-state index >= 15 is 0 Å². The zero-order valence-corrected chi connectivity index (χ0v) is 13.8. The lowest BCUT2D eigenvalue weighted by atomic mass is 10.0. The summed E-state index contributed by atoms with van der Waals surface area (Å²) in [4.78, 5) is 0.649. The van der Waals surface area contributed by atoms with Crippen LogP contribution in [0, 0.1) is 0 Å². The smallest absolute Gasteiger partial charge is 0.241 e. The second-order valence-electron chi connectivity index (χ2n) is 5.53. The molecule has 3 N–H and O–H groups in total. The van der Waals surface area contributed by atoms with Gasteiger partial charge in [-0.3, -0.25) is 0 Å². The van der Waals surface area contributed by atoms with Crippen LogP contribution < -0.4 is 10.5 Å². The van der Waals surface area contributed by atoms with E-state index in [4.69, 9.17) is 18.0 Å². The van der Waals surface area contributed by atoms with Crippen LogP contribution in [0.1, 0.15) is 39.2 Å². The highest BCUT2D eigenvalue weighted by atomic mass is 32.2. The average Bonchev–Trinajstić information content (AvgIpc) is 2.27. The summed E-state index contributed by atoms with van der Waals surface area (Å²) in [6.45, 7) is 5.80. The molecule has 0 bridgehead atoms. The van der Waals surface area contributed by atoms with Crippen molar-refractivity contribution in [2.75, 3.05) is 0 Å². The molecule has 112 valence electrons. The zero-order valence-electron chi connectivity index (χ0n) is 12.1. The number of sulfonamides is 1. The van der Waals surface area contributed by atoms with Crippen molar-refractivity contribution in [3.63, 3.8) is 0 Å². The number of nitrogens with two attached hydrogens (primary N) is 1. The standard InChI is InChI=1S/C14H22N2O2S2/c1-4-9-14(2,3)16-20(17,18)12-7-5-11(6-8-12)10-13(15)19/h5-8,16H,4,9-10H2,1-3H3,(H2,15,19). The Hall–Kier alpha value is -0.980. The van der Waals surface area contributed by atoms with Crippen LogP contribution in [0.3, 0.4) is 0 Å². The first-order valence-corrected chi connectivity index (χ1v) is 8.46. The maximum absolute atomic E-state index is 12.3. The lowest BCUT2D eigenvalue weighted by molar-refractivity contribution is 0.418. The minimum Gasteiger partial charge on any atom is -0.393 e. The molecular weight excluding hydrogens is 292 g/mol. The van der Waals surface area contributed by atoms with Gasteiger partial charge in [0.25, 0.3) is 0 Å². The third-order valence-corrected chi connectivity index (χ3v) is 4.76. The fraction of sp³-hybridized carbons (Fsp3) is 0.500. The van der Waals surface area contributed by atoms with Gasteiger partial charge in [-0.05, 0) is 38.0 Å². The molecule has 0 aliphatic rings. The molecule has 0 unspecified atom stereocenters. The average molecular weight is 314 g/mol. The van der Waals surface area contributed by atoms with Gasteiger partial charge in [0.15, 0.2) is 0 Å². The van der Waals surface area contributed by atoms with Gasteiger partial charge in [-0.15, -0.1) is 0 Å². The Morgan fingerprint density at radius 1 is 1.30 bits per heavy atom. The van der Waals surface area contributed by atoms with Gasteiger partial charge in [0, 0.05) is 12.0 Å². The van der Waals surface area contributed by atoms with Gasteiger partial charge in [0.1, 0.15) is 0 Å². The van der Waals surface area contributed by atoms with Crippen molar-refractivity contribution in [1.82, 2.24) is 4.72 Å². The molecule has 0 saturated heterocycles. The third-order valence-electron chi connectivity index (χ3n) is 2.90. The molecule has 0 radical (unpaired) electrons. The van der Waals surface area contributed by atoms with E-state index in [1.165, 1.54) is 0 Å². The van der Waals surface area contributed by atoms with Crippen molar-refractivity contribution in [2.24, 2.45) is 5.73 Å². The fourth-order valence-corrected chi connectivity index (χ4v) is 3.69. The number of thiocarbonyl (C=S) groups is 1. The molecule has 0 aliphatic carbocycles. The molecule has 1 aromatic rings. The van der Waals surface area contributed by atoms with Gasteiger partial charge in [-0.1, -0.05) is 37.7 Å². The zero-order chi connectivity index (χ0) is 15.4. The molecule has 6 heteroatoms. The molecule has 0 fully saturated rings. The Morgan fingerprint density at radius 2 is 1.85 bits per heavy atom. The quantitative estimate of drug-likeness (QED) is 0.758. The van der Waals surface area contributed by atoms with E-state index in [2.05, 4.69) is 4.72 Å². The molecule has 1 aromatic carbocycles. The molecule has 0 amide bonds.